The Bertz CT molecular complexity index is 1190. The second-order valence-corrected chi connectivity index (χ2v) is 9.70. The molecule has 4 rings (SSSR count). The Morgan fingerprint density at radius 3 is 2.38 bits per heavy atom. The molecule has 1 aliphatic heterocycles. The minimum atomic E-state index is -3.63. The van der Waals surface area contributed by atoms with E-state index in [9.17, 15) is 18.3 Å². The van der Waals surface area contributed by atoms with E-state index in [2.05, 4.69) is 4.98 Å². The summed E-state index contributed by atoms with van der Waals surface area (Å²) in [7, 11) is -3.63. The fourth-order valence-electron chi connectivity index (χ4n) is 3.53. The summed E-state index contributed by atoms with van der Waals surface area (Å²) in [6.45, 7) is 0.991. The number of thioether (sulfide) groups is 1. The highest BCUT2D eigenvalue weighted by Gasteiger charge is 2.28. The predicted molar refractivity (Wildman–Crippen MR) is 114 cm³/mol. The molecule has 1 saturated heterocycles. The Morgan fingerprint density at radius 2 is 1.76 bits per heavy atom. The fourth-order valence-corrected chi connectivity index (χ4v) is 5.48. The van der Waals surface area contributed by atoms with Crippen molar-refractivity contribution in [2.45, 2.75) is 22.6 Å². The zero-order chi connectivity index (χ0) is 20.6. The summed E-state index contributed by atoms with van der Waals surface area (Å²) in [5.41, 5.74) is 1.84. The first kappa shape index (κ1) is 19.9. The van der Waals surface area contributed by atoms with Crippen molar-refractivity contribution in [3.8, 4) is 11.3 Å². The van der Waals surface area contributed by atoms with Gasteiger partial charge < -0.3 is 5.11 Å². The Labute approximate surface area is 173 Å². The number of aromatic carboxylic acids is 1. The van der Waals surface area contributed by atoms with Crippen LogP contribution in [0.2, 0.25) is 0 Å². The maximum atomic E-state index is 12.9. The van der Waals surface area contributed by atoms with E-state index in [1.165, 1.54) is 22.5 Å². The molecule has 2 aromatic carbocycles. The minimum Gasteiger partial charge on any atom is -0.478 e. The van der Waals surface area contributed by atoms with Crippen LogP contribution in [0.15, 0.2) is 58.3 Å². The van der Waals surface area contributed by atoms with Crippen molar-refractivity contribution in [2.75, 3.05) is 19.3 Å². The fraction of sp³-hybridized carbons (Fsp3) is 0.238. The first-order valence-electron chi connectivity index (χ1n) is 9.23. The summed E-state index contributed by atoms with van der Waals surface area (Å²) < 4.78 is 27.2. The first-order valence-corrected chi connectivity index (χ1v) is 11.9. The number of carboxylic acids is 1. The largest absolute Gasteiger partial charge is 0.478 e. The van der Waals surface area contributed by atoms with Crippen LogP contribution in [0.3, 0.4) is 0 Å². The highest BCUT2D eigenvalue weighted by atomic mass is 32.2. The molecule has 0 amide bonds. The number of nitrogens with zero attached hydrogens (tertiary/aromatic N) is 2. The summed E-state index contributed by atoms with van der Waals surface area (Å²) >= 11 is 1.62. The highest BCUT2D eigenvalue weighted by Crippen LogP contribution is 2.29. The summed E-state index contributed by atoms with van der Waals surface area (Å²) in [6.07, 6.45) is 3.67. The second kappa shape index (κ2) is 7.78. The quantitative estimate of drug-likeness (QED) is 0.616. The number of sulfonamides is 1. The van der Waals surface area contributed by atoms with Crippen molar-refractivity contribution >= 4 is 38.7 Å². The lowest BCUT2D eigenvalue weighted by Gasteiger charge is -2.16. The van der Waals surface area contributed by atoms with Gasteiger partial charge in [0, 0.05) is 28.9 Å². The van der Waals surface area contributed by atoms with E-state index in [-0.39, 0.29) is 10.5 Å². The van der Waals surface area contributed by atoms with E-state index in [1.54, 1.807) is 17.8 Å². The van der Waals surface area contributed by atoms with Gasteiger partial charge in [0.1, 0.15) is 0 Å². The van der Waals surface area contributed by atoms with Crippen molar-refractivity contribution < 1.29 is 18.3 Å². The molecule has 1 fully saturated rings. The van der Waals surface area contributed by atoms with Crippen molar-refractivity contribution in [2.24, 2.45) is 0 Å². The molecular formula is C21H20N2O4S2. The first-order chi connectivity index (χ1) is 13.9. The van der Waals surface area contributed by atoms with E-state index in [4.69, 9.17) is 0 Å². The topological polar surface area (TPSA) is 87.6 Å². The molecule has 0 unspecified atom stereocenters. The van der Waals surface area contributed by atoms with Crippen LogP contribution in [0.25, 0.3) is 22.2 Å². The Morgan fingerprint density at radius 1 is 1.07 bits per heavy atom. The number of aromatic nitrogens is 1. The van der Waals surface area contributed by atoms with Crippen LogP contribution in [0.1, 0.15) is 23.2 Å². The number of carbonyl (C=O) groups is 1. The van der Waals surface area contributed by atoms with Gasteiger partial charge in [0.2, 0.25) is 10.0 Å². The van der Waals surface area contributed by atoms with E-state index >= 15 is 0 Å². The van der Waals surface area contributed by atoms with Gasteiger partial charge in [-0.15, -0.1) is 11.8 Å². The predicted octanol–water partition coefficient (Wildman–Crippen LogP) is 4.11. The normalized spacial score (nSPS) is 15.1. The van der Waals surface area contributed by atoms with Gasteiger partial charge in [-0.05, 0) is 55.5 Å². The van der Waals surface area contributed by atoms with Gasteiger partial charge in [-0.1, -0.05) is 12.1 Å². The molecule has 1 N–H and O–H groups in total. The van der Waals surface area contributed by atoms with Crippen LogP contribution < -0.4 is 0 Å². The van der Waals surface area contributed by atoms with E-state index < -0.39 is 16.0 Å². The highest BCUT2D eigenvalue weighted by molar-refractivity contribution is 7.98. The standard InChI is InChI=1S/C21H20N2O4S2/c1-28-15-6-4-14(5-7-15)20-13-18(21(24)25)17-12-16(8-9-19(17)22-20)29(26,27)23-10-2-3-11-23/h4-9,12-13H,2-3,10-11H2,1H3,(H,24,25). The van der Waals surface area contributed by atoms with Crippen LogP contribution in [0.5, 0.6) is 0 Å². The zero-order valence-corrected chi connectivity index (χ0v) is 17.5. The number of benzene rings is 2. The monoisotopic (exact) mass is 428 g/mol. The molecule has 0 spiro atoms. The molecule has 1 aliphatic rings. The average molecular weight is 429 g/mol. The molecule has 0 bridgehead atoms. The molecule has 6 nitrogen and oxygen atoms in total. The maximum Gasteiger partial charge on any atom is 0.336 e. The molecular weight excluding hydrogens is 408 g/mol. The third-order valence-corrected chi connectivity index (χ3v) is 7.74. The molecule has 0 radical (unpaired) electrons. The van der Waals surface area contributed by atoms with Crippen molar-refractivity contribution in [1.29, 1.82) is 0 Å². The molecule has 29 heavy (non-hydrogen) atoms. The van der Waals surface area contributed by atoms with E-state index in [0.29, 0.717) is 29.7 Å². The molecule has 8 heteroatoms. The number of hydrogen-bond acceptors (Lipinski definition) is 5. The Hall–Kier alpha value is -2.42. The number of fused-ring (bicyclic) bond motifs is 1. The van der Waals surface area contributed by atoms with E-state index in [1.807, 2.05) is 30.5 Å². The van der Waals surface area contributed by atoms with Gasteiger partial charge in [0.25, 0.3) is 0 Å². The van der Waals surface area contributed by atoms with Gasteiger partial charge in [-0.2, -0.15) is 4.31 Å². The molecule has 3 aromatic rings. The third kappa shape index (κ3) is 3.75. The van der Waals surface area contributed by atoms with Crippen LogP contribution in [0, 0.1) is 0 Å². The van der Waals surface area contributed by atoms with Crippen molar-refractivity contribution in [1.82, 2.24) is 9.29 Å². The lowest BCUT2D eigenvalue weighted by atomic mass is 10.0. The SMILES string of the molecule is CSc1ccc(-c2cc(C(=O)O)c3cc(S(=O)(=O)N4CCCC4)ccc3n2)cc1. The maximum absolute atomic E-state index is 12.9. The van der Waals surface area contributed by atoms with Gasteiger partial charge in [-0.3, -0.25) is 0 Å². The molecule has 2 heterocycles. The van der Waals surface area contributed by atoms with Gasteiger partial charge in [0.15, 0.2) is 0 Å². The number of hydrogen-bond donors (Lipinski definition) is 1. The molecule has 1 aromatic heterocycles. The Balaban J connectivity index is 1.84. The van der Waals surface area contributed by atoms with Crippen LogP contribution >= 0.6 is 11.8 Å². The van der Waals surface area contributed by atoms with Gasteiger partial charge in [-0.25, -0.2) is 18.2 Å². The third-order valence-electron chi connectivity index (χ3n) is 5.10. The Kier molecular flexibility index (Phi) is 5.33. The van der Waals surface area contributed by atoms with E-state index in [0.717, 1.165) is 23.3 Å². The van der Waals surface area contributed by atoms with Crippen LogP contribution in [0.4, 0.5) is 0 Å². The molecule has 0 saturated carbocycles. The zero-order valence-electron chi connectivity index (χ0n) is 15.8. The average Bonchev–Trinajstić information content (AvgIpc) is 3.28. The molecule has 0 atom stereocenters. The van der Waals surface area contributed by atoms with Crippen molar-refractivity contribution in [3.05, 3.63) is 54.1 Å². The van der Waals surface area contributed by atoms with Crippen LogP contribution in [-0.4, -0.2) is 48.1 Å². The number of carboxylic acid groups (broad SMARTS) is 1. The molecule has 150 valence electrons. The van der Waals surface area contributed by atoms with Gasteiger partial charge in [0.05, 0.1) is 21.7 Å². The number of pyridine rings is 1. The summed E-state index contributed by atoms with van der Waals surface area (Å²) in [4.78, 5) is 17.7. The van der Waals surface area contributed by atoms with Gasteiger partial charge >= 0.3 is 5.97 Å². The summed E-state index contributed by atoms with van der Waals surface area (Å²) in [5, 5.41) is 10.1. The van der Waals surface area contributed by atoms with Crippen molar-refractivity contribution in [3.63, 3.8) is 0 Å². The smallest absolute Gasteiger partial charge is 0.336 e. The second-order valence-electron chi connectivity index (χ2n) is 6.88. The number of rotatable bonds is 5. The lowest BCUT2D eigenvalue weighted by Crippen LogP contribution is -2.27. The summed E-state index contributed by atoms with van der Waals surface area (Å²) in [6, 6.07) is 13.7. The van der Waals surface area contributed by atoms with Crippen LogP contribution in [-0.2, 0) is 10.0 Å². The lowest BCUT2D eigenvalue weighted by molar-refractivity contribution is 0.0699. The molecule has 0 aliphatic carbocycles. The minimum absolute atomic E-state index is 0.0393. The summed E-state index contributed by atoms with van der Waals surface area (Å²) in [5.74, 6) is -1.12.